The van der Waals surface area contributed by atoms with Gasteiger partial charge in [-0.05, 0) is 31.4 Å². The Morgan fingerprint density at radius 2 is 2.10 bits per heavy atom. The fraction of sp³-hybridized carbons (Fsp3) is 0.409. The first-order valence-corrected chi connectivity index (χ1v) is 10.3. The summed E-state index contributed by atoms with van der Waals surface area (Å²) >= 11 is 0. The quantitative estimate of drug-likeness (QED) is 0.616. The molecule has 3 heterocycles. The lowest BCUT2D eigenvalue weighted by molar-refractivity contribution is -0.0499. The van der Waals surface area contributed by atoms with Gasteiger partial charge in [0.2, 0.25) is 0 Å². The van der Waals surface area contributed by atoms with Gasteiger partial charge in [0.25, 0.3) is 11.8 Å². The van der Waals surface area contributed by atoms with E-state index in [4.69, 9.17) is 0 Å². The fourth-order valence-corrected chi connectivity index (χ4v) is 4.44. The van der Waals surface area contributed by atoms with Crippen LogP contribution in [0.25, 0.3) is 10.9 Å². The van der Waals surface area contributed by atoms with E-state index in [0.29, 0.717) is 37.4 Å². The molecule has 0 unspecified atom stereocenters. The molecule has 30 heavy (non-hydrogen) atoms. The van der Waals surface area contributed by atoms with Gasteiger partial charge in [-0.25, -0.2) is 0 Å². The molecule has 2 aliphatic rings. The van der Waals surface area contributed by atoms with Crippen molar-refractivity contribution in [3.05, 3.63) is 53.0 Å². The van der Waals surface area contributed by atoms with Crippen molar-refractivity contribution in [2.24, 2.45) is 0 Å². The predicted octanol–water partition coefficient (Wildman–Crippen LogP) is 2.08. The Labute approximate surface area is 173 Å². The third-order valence-electron chi connectivity index (χ3n) is 6.35. The first kappa shape index (κ1) is 18.9. The number of nitrogens with one attached hydrogen (secondary N) is 2. The number of carbonyl (C=O) groups excluding carboxylic acids is 2. The zero-order valence-electron chi connectivity index (χ0n) is 16.9. The summed E-state index contributed by atoms with van der Waals surface area (Å²) in [5.74, 6) is -0.318. The number of hydrogen-bond acceptors (Lipinski definition) is 4. The molecule has 1 aliphatic heterocycles. The van der Waals surface area contributed by atoms with Crippen LogP contribution in [0.5, 0.6) is 0 Å². The molecular formula is C22H25N5O3. The Morgan fingerprint density at radius 3 is 2.83 bits per heavy atom. The van der Waals surface area contributed by atoms with Crippen LogP contribution in [0.15, 0.2) is 30.3 Å². The Hall–Kier alpha value is -3.13. The molecule has 0 spiro atoms. The molecule has 1 saturated carbocycles. The molecule has 0 radical (unpaired) electrons. The minimum atomic E-state index is -0.779. The van der Waals surface area contributed by atoms with Crippen molar-refractivity contribution in [1.82, 2.24) is 25.0 Å². The van der Waals surface area contributed by atoms with Gasteiger partial charge >= 0.3 is 0 Å². The number of H-pyrrole nitrogens is 2. The average Bonchev–Trinajstić information content (AvgIpc) is 3.35. The molecular weight excluding hydrogens is 382 g/mol. The number of rotatable bonds is 4. The van der Waals surface area contributed by atoms with E-state index < -0.39 is 5.60 Å². The highest BCUT2D eigenvalue weighted by Gasteiger charge is 2.38. The van der Waals surface area contributed by atoms with E-state index in [2.05, 4.69) is 15.2 Å². The second-order valence-corrected chi connectivity index (χ2v) is 8.52. The Balaban J connectivity index is 1.35. The normalized spacial score (nSPS) is 17.5. The molecule has 0 atom stereocenters. The van der Waals surface area contributed by atoms with Gasteiger partial charge in [-0.15, -0.1) is 0 Å². The lowest BCUT2D eigenvalue weighted by Crippen LogP contribution is -2.48. The van der Waals surface area contributed by atoms with Crippen LogP contribution < -0.4 is 0 Å². The van der Waals surface area contributed by atoms with Crippen LogP contribution in [0.2, 0.25) is 0 Å². The van der Waals surface area contributed by atoms with Crippen LogP contribution in [0.4, 0.5) is 0 Å². The van der Waals surface area contributed by atoms with Crippen LogP contribution in [0.3, 0.4) is 0 Å². The van der Waals surface area contributed by atoms with Gasteiger partial charge in [0.05, 0.1) is 12.1 Å². The number of aliphatic hydroxyl groups is 1. The number of likely N-dealkylation sites (N-methyl/N-ethyl adjacent to an activating group) is 1. The highest BCUT2D eigenvalue weighted by molar-refractivity contribution is 5.98. The van der Waals surface area contributed by atoms with Gasteiger partial charge < -0.3 is 19.9 Å². The first-order chi connectivity index (χ1) is 14.4. The minimum Gasteiger partial charge on any atom is -0.388 e. The number of aromatic amines is 2. The number of amides is 2. The molecule has 8 heteroatoms. The summed E-state index contributed by atoms with van der Waals surface area (Å²) in [4.78, 5) is 32.5. The van der Waals surface area contributed by atoms with Crippen molar-refractivity contribution in [3.8, 4) is 0 Å². The summed E-state index contributed by atoms with van der Waals surface area (Å²) in [5.41, 5.74) is 2.69. The Kier molecular flexibility index (Phi) is 4.39. The molecule has 0 saturated heterocycles. The molecule has 3 N–H and O–H groups in total. The van der Waals surface area contributed by atoms with Crippen molar-refractivity contribution < 1.29 is 14.7 Å². The topological polar surface area (TPSA) is 105 Å². The number of benzene rings is 1. The second-order valence-electron chi connectivity index (χ2n) is 8.52. The predicted molar refractivity (Wildman–Crippen MR) is 111 cm³/mol. The molecule has 1 aromatic carbocycles. The van der Waals surface area contributed by atoms with E-state index >= 15 is 0 Å². The SMILES string of the molecule is CN(CC1(O)CCC1)C(=O)c1n[nH]c2c1CN(C(=O)c1cc3ccccc3[nH]1)CC2. The molecule has 3 aromatic rings. The van der Waals surface area contributed by atoms with Crippen LogP contribution in [0.1, 0.15) is 51.5 Å². The standard InChI is InChI=1S/C22H25N5O3/c1-26(13-22(30)8-4-9-22)21(29)19-15-12-27(10-7-17(15)24-25-19)20(28)18-11-14-5-2-3-6-16(14)23-18/h2-3,5-6,11,23,30H,4,7-10,12-13H2,1H3,(H,24,25). The third kappa shape index (κ3) is 3.17. The molecule has 2 amide bonds. The van der Waals surface area contributed by atoms with Crippen molar-refractivity contribution in [2.75, 3.05) is 20.1 Å². The van der Waals surface area contributed by atoms with E-state index in [0.717, 1.165) is 41.4 Å². The minimum absolute atomic E-state index is 0.0893. The average molecular weight is 407 g/mol. The van der Waals surface area contributed by atoms with E-state index in [1.54, 1.807) is 11.9 Å². The lowest BCUT2D eigenvalue weighted by atomic mass is 9.80. The van der Waals surface area contributed by atoms with Gasteiger partial charge in [-0.1, -0.05) is 18.2 Å². The Morgan fingerprint density at radius 1 is 1.30 bits per heavy atom. The molecule has 5 rings (SSSR count). The Bertz CT molecular complexity index is 1090. The van der Waals surface area contributed by atoms with Crippen molar-refractivity contribution in [1.29, 1.82) is 0 Å². The summed E-state index contributed by atoms with van der Waals surface area (Å²) in [7, 11) is 1.69. The largest absolute Gasteiger partial charge is 0.388 e. The number of fused-ring (bicyclic) bond motifs is 2. The zero-order chi connectivity index (χ0) is 20.9. The van der Waals surface area contributed by atoms with Crippen molar-refractivity contribution in [3.63, 3.8) is 0 Å². The van der Waals surface area contributed by atoms with E-state index in [1.807, 2.05) is 30.3 Å². The zero-order valence-corrected chi connectivity index (χ0v) is 16.9. The smallest absolute Gasteiger partial charge is 0.274 e. The number of hydrogen-bond donors (Lipinski definition) is 3. The second kappa shape index (κ2) is 6.98. The van der Waals surface area contributed by atoms with E-state index in [9.17, 15) is 14.7 Å². The molecule has 1 aliphatic carbocycles. The molecule has 2 aromatic heterocycles. The maximum atomic E-state index is 13.1. The maximum absolute atomic E-state index is 13.1. The van der Waals surface area contributed by atoms with Crippen LogP contribution in [-0.4, -0.2) is 67.6 Å². The van der Waals surface area contributed by atoms with Gasteiger partial charge in [0.1, 0.15) is 5.69 Å². The number of carbonyl (C=O) groups is 2. The first-order valence-electron chi connectivity index (χ1n) is 10.3. The number of nitrogens with zero attached hydrogens (tertiary/aromatic N) is 3. The van der Waals surface area contributed by atoms with Crippen molar-refractivity contribution >= 4 is 22.7 Å². The molecule has 0 bridgehead atoms. The van der Waals surface area contributed by atoms with Gasteiger partial charge in [0, 0.05) is 48.7 Å². The van der Waals surface area contributed by atoms with Crippen molar-refractivity contribution in [2.45, 2.75) is 37.8 Å². The van der Waals surface area contributed by atoms with Gasteiger partial charge in [-0.2, -0.15) is 5.10 Å². The summed E-state index contributed by atoms with van der Waals surface area (Å²) in [6, 6.07) is 9.65. The van der Waals surface area contributed by atoms with Gasteiger partial charge in [-0.3, -0.25) is 14.7 Å². The molecule has 1 fully saturated rings. The molecule has 156 valence electrons. The van der Waals surface area contributed by atoms with E-state index in [-0.39, 0.29) is 11.8 Å². The number of para-hydroxylation sites is 1. The monoisotopic (exact) mass is 407 g/mol. The highest BCUT2D eigenvalue weighted by atomic mass is 16.3. The fourth-order valence-electron chi connectivity index (χ4n) is 4.44. The maximum Gasteiger partial charge on any atom is 0.274 e. The summed E-state index contributed by atoms with van der Waals surface area (Å²) in [6.07, 6.45) is 3.04. The molecule has 8 nitrogen and oxygen atoms in total. The van der Waals surface area contributed by atoms with Crippen LogP contribution in [-0.2, 0) is 13.0 Å². The summed E-state index contributed by atoms with van der Waals surface area (Å²) in [6.45, 7) is 1.19. The summed E-state index contributed by atoms with van der Waals surface area (Å²) in [5, 5.41) is 18.6. The number of aromatic nitrogens is 3. The highest BCUT2D eigenvalue weighted by Crippen LogP contribution is 2.32. The third-order valence-corrected chi connectivity index (χ3v) is 6.35. The van der Waals surface area contributed by atoms with Crippen LogP contribution in [0, 0.1) is 0 Å². The lowest BCUT2D eigenvalue weighted by Gasteiger charge is -2.39. The van der Waals surface area contributed by atoms with Crippen LogP contribution >= 0.6 is 0 Å². The van der Waals surface area contributed by atoms with E-state index in [1.165, 1.54) is 4.90 Å². The summed E-state index contributed by atoms with van der Waals surface area (Å²) < 4.78 is 0. The van der Waals surface area contributed by atoms with Gasteiger partial charge in [0.15, 0.2) is 5.69 Å².